The minimum absolute atomic E-state index is 0.414. The second kappa shape index (κ2) is 8.61. The number of nitrogens with two attached hydrogens (primary N) is 1. The summed E-state index contributed by atoms with van der Waals surface area (Å²) in [7, 11) is 0. The number of imidazole rings is 1. The first kappa shape index (κ1) is 18.9. The summed E-state index contributed by atoms with van der Waals surface area (Å²) >= 11 is 0. The Bertz CT molecular complexity index is 693. The van der Waals surface area contributed by atoms with Gasteiger partial charge in [0.15, 0.2) is 11.5 Å². The van der Waals surface area contributed by atoms with Crippen LogP contribution in [0.5, 0.6) is 0 Å². The lowest BCUT2D eigenvalue weighted by Gasteiger charge is -2.19. The van der Waals surface area contributed by atoms with Crippen LogP contribution in [0.2, 0.25) is 0 Å². The summed E-state index contributed by atoms with van der Waals surface area (Å²) in [6.07, 6.45) is 4.78. The summed E-state index contributed by atoms with van der Waals surface area (Å²) in [5.74, 6) is 0.647. The van der Waals surface area contributed by atoms with Gasteiger partial charge in [-0.15, -0.1) is 0 Å². The van der Waals surface area contributed by atoms with Crippen molar-refractivity contribution in [1.82, 2.24) is 24.8 Å². The van der Waals surface area contributed by atoms with Crippen molar-refractivity contribution in [1.29, 1.82) is 0 Å². The van der Waals surface area contributed by atoms with Crippen molar-refractivity contribution in [2.45, 2.75) is 45.8 Å². The molecule has 0 aliphatic rings. The fraction of sp³-hybridized carbons (Fsp3) is 0.625. The van der Waals surface area contributed by atoms with Crippen LogP contribution in [0.4, 0.5) is 10.6 Å². The fourth-order valence-corrected chi connectivity index (χ4v) is 2.26. The van der Waals surface area contributed by atoms with Crippen LogP contribution < -0.4 is 16.4 Å². The van der Waals surface area contributed by atoms with Crippen molar-refractivity contribution in [3.63, 3.8) is 0 Å². The number of unbranched alkanes of at least 4 members (excludes halogenated alkanes) is 1. The summed E-state index contributed by atoms with van der Waals surface area (Å²) in [6, 6.07) is 0. The van der Waals surface area contributed by atoms with Crippen LogP contribution in [0.1, 0.15) is 33.6 Å². The van der Waals surface area contributed by atoms with Crippen molar-refractivity contribution < 1.29 is 9.53 Å². The molecule has 0 bridgehead atoms. The third-order valence-corrected chi connectivity index (χ3v) is 3.34. The van der Waals surface area contributed by atoms with E-state index in [1.807, 2.05) is 25.3 Å². The van der Waals surface area contributed by atoms with Gasteiger partial charge in [-0.1, -0.05) is 0 Å². The predicted octanol–water partition coefficient (Wildman–Crippen LogP) is 1.50. The maximum Gasteiger partial charge on any atom is 0.407 e. The zero-order valence-electron chi connectivity index (χ0n) is 15.1. The second-order valence-corrected chi connectivity index (χ2v) is 6.68. The van der Waals surface area contributed by atoms with Crippen LogP contribution in [0.15, 0.2) is 12.7 Å². The number of amides is 1. The highest BCUT2D eigenvalue weighted by Crippen LogP contribution is 2.17. The molecule has 0 saturated heterocycles. The van der Waals surface area contributed by atoms with E-state index in [0.717, 1.165) is 25.0 Å². The van der Waals surface area contributed by atoms with E-state index in [1.165, 1.54) is 6.33 Å². The highest BCUT2D eigenvalue weighted by Gasteiger charge is 2.15. The van der Waals surface area contributed by atoms with E-state index in [2.05, 4.69) is 25.6 Å². The van der Waals surface area contributed by atoms with Gasteiger partial charge in [-0.3, -0.25) is 0 Å². The molecule has 0 aliphatic carbocycles. The zero-order valence-corrected chi connectivity index (χ0v) is 15.1. The first-order valence-corrected chi connectivity index (χ1v) is 8.47. The minimum Gasteiger partial charge on any atom is -0.444 e. The SMILES string of the molecule is CC(C)(C)OC(=O)NCCNc1ncnc2c1ncn2CCCCN. The normalized spacial score (nSPS) is 11.5. The molecule has 0 fully saturated rings. The van der Waals surface area contributed by atoms with E-state index in [9.17, 15) is 4.79 Å². The number of carbonyl (C=O) groups is 1. The van der Waals surface area contributed by atoms with Crippen molar-refractivity contribution in [2.75, 3.05) is 25.0 Å². The number of hydrogen-bond donors (Lipinski definition) is 3. The van der Waals surface area contributed by atoms with E-state index in [4.69, 9.17) is 10.5 Å². The van der Waals surface area contributed by atoms with Gasteiger partial charge in [0.25, 0.3) is 0 Å². The summed E-state index contributed by atoms with van der Waals surface area (Å²) in [4.78, 5) is 24.5. The molecule has 25 heavy (non-hydrogen) atoms. The monoisotopic (exact) mass is 349 g/mol. The molecule has 0 atom stereocenters. The predicted molar refractivity (Wildman–Crippen MR) is 96.3 cm³/mol. The molecule has 2 heterocycles. The molecular weight excluding hydrogens is 322 g/mol. The van der Waals surface area contributed by atoms with Gasteiger partial charge in [0.1, 0.15) is 17.4 Å². The molecule has 0 aromatic carbocycles. The Kier molecular flexibility index (Phi) is 6.51. The molecule has 9 nitrogen and oxygen atoms in total. The van der Waals surface area contributed by atoms with Gasteiger partial charge >= 0.3 is 6.09 Å². The molecule has 4 N–H and O–H groups in total. The van der Waals surface area contributed by atoms with Gasteiger partial charge in [-0.25, -0.2) is 19.7 Å². The first-order valence-electron chi connectivity index (χ1n) is 8.47. The molecule has 138 valence electrons. The van der Waals surface area contributed by atoms with E-state index in [1.54, 1.807) is 6.33 Å². The van der Waals surface area contributed by atoms with E-state index in [-0.39, 0.29) is 0 Å². The number of aromatic nitrogens is 4. The lowest BCUT2D eigenvalue weighted by Crippen LogP contribution is -2.35. The number of hydrogen-bond acceptors (Lipinski definition) is 7. The van der Waals surface area contributed by atoms with Crippen LogP contribution in [-0.4, -0.2) is 50.8 Å². The summed E-state index contributed by atoms with van der Waals surface area (Å²) in [5, 5.41) is 5.86. The number of nitrogens with zero attached hydrogens (tertiary/aromatic N) is 4. The Morgan fingerprint density at radius 3 is 2.76 bits per heavy atom. The highest BCUT2D eigenvalue weighted by atomic mass is 16.6. The number of anilines is 1. The number of fused-ring (bicyclic) bond motifs is 1. The van der Waals surface area contributed by atoms with Crippen LogP contribution >= 0.6 is 0 Å². The maximum atomic E-state index is 11.6. The molecule has 2 aromatic heterocycles. The molecular formula is C16H27N7O2. The van der Waals surface area contributed by atoms with E-state index >= 15 is 0 Å². The van der Waals surface area contributed by atoms with Crippen molar-refractivity contribution in [2.24, 2.45) is 5.73 Å². The molecule has 0 saturated carbocycles. The number of carbonyl (C=O) groups excluding carboxylic acids is 1. The molecule has 0 radical (unpaired) electrons. The zero-order chi connectivity index (χ0) is 18.3. The largest absolute Gasteiger partial charge is 0.444 e. The quantitative estimate of drug-likeness (QED) is 0.618. The molecule has 0 unspecified atom stereocenters. The number of ether oxygens (including phenoxy) is 1. The Morgan fingerprint density at radius 1 is 1.24 bits per heavy atom. The van der Waals surface area contributed by atoms with Crippen molar-refractivity contribution in [3.8, 4) is 0 Å². The molecule has 9 heteroatoms. The molecule has 2 aromatic rings. The van der Waals surface area contributed by atoms with Gasteiger partial charge in [0.05, 0.1) is 6.33 Å². The lowest BCUT2D eigenvalue weighted by molar-refractivity contribution is 0.0530. The minimum atomic E-state index is -0.507. The first-order chi connectivity index (χ1) is 11.9. The third-order valence-electron chi connectivity index (χ3n) is 3.34. The Morgan fingerprint density at radius 2 is 2.04 bits per heavy atom. The Balaban J connectivity index is 1.88. The average molecular weight is 349 g/mol. The topological polar surface area (TPSA) is 120 Å². The fourth-order valence-electron chi connectivity index (χ4n) is 2.26. The number of aryl methyl sites for hydroxylation is 1. The average Bonchev–Trinajstić information content (AvgIpc) is 2.94. The molecule has 2 rings (SSSR count). The van der Waals surface area contributed by atoms with Crippen molar-refractivity contribution >= 4 is 23.1 Å². The Hall–Kier alpha value is -2.42. The van der Waals surface area contributed by atoms with Crippen LogP contribution in [0, 0.1) is 0 Å². The van der Waals surface area contributed by atoms with Crippen LogP contribution in [0.3, 0.4) is 0 Å². The molecule has 0 spiro atoms. The van der Waals surface area contributed by atoms with Gasteiger partial charge in [0.2, 0.25) is 0 Å². The summed E-state index contributed by atoms with van der Waals surface area (Å²) in [6.45, 7) is 7.90. The van der Waals surface area contributed by atoms with Crippen molar-refractivity contribution in [3.05, 3.63) is 12.7 Å². The van der Waals surface area contributed by atoms with Crippen LogP contribution in [-0.2, 0) is 11.3 Å². The van der Waals surface area contributed by atoms with Gasteiger partial charge in [-0.2, -0.15) is 0 Å². The van der Waals surface area contributed by atoms with Gasteiger partial charge in [-0.05, 0) is 40.2 Å². The van der Waals surface area contributed by atoms with Crippen LogP contribution in [0.25, 0.3) is 11.2 Å². The van der Waals surface area contributed by atoms with Gasteiger partial charge < -0.3 is 25.7 Å². The number of nitrogens with one attached hydrogen (secondary N) is 2. The second-order valence-electron chi connectivity index (χ2n) is 6.68. The molecule has 1 amide bonds. The smallest absolute Gasteiger partial charge is 0.407 e. The summed E-state index contributed by atoms with van der Waals surface area (Å²) in [5.41, 5.74) is 6.52. The lowest BCUT2D eigenvalue weighted by atomic mass is 10.2. The summed E-state index contributed by atoms with van der Waals surface area (Å²) < 4.78 is 7.18. The number of alkyl carbamates (subject to hydrolysis) is 1. The Labute approximate surface area is 147 Å². The standard InChI is InChI=1S/C16H27N7O2/c1-16(2,3)25-15(24)19-8-7-18-13-12-14(21-10-20-13)23(11-22-12)9-5-4-6-17/h10-11H,4-9,17H2,1-3H3,(H,19,24)(H,18,20,21). The maximum absolute atomic E-state index is 11.6. The highest BCUT2D eigenvalue weighted by molar-refractivity contribution is 5.82. The third kappa shape index (κ3) is 5.86. The van der Waals surface area contributed by atoms with E-state index in [0.29, 0.717) is 31.0 Å². The van der Waals surface area contributed by atoms with E-state index < -0.39 is 11.7 Å². The molecule has 0 aliphatic heterocycles. The number of rotatable bonds is 8. The van der Waals surface area contributed by atoms with Gasteiger partial charge in [0, 0.05) is 19.6 Å².